The first-order chi connectivity index (χ1) is 14.3. The van der Waals surface area contributed by atoms with Crippen molar-refractivity contribution in [3.05, 3.63) is 23.9 Å². The predicted molar refractivity (Wildman–Crippen MR) is 133 cm³/mol. The number of halogens is 1. The maximum absolute atomic E-state index is 5.83. The average molecular weight is 531 g/mol. The number of pyridine rings is 1. The van der Waals surface area contributed by atoms with E-state index in [0.717, 1.165) is 89.2 Å². The molecule has 0 radical (unpaired) electrons. The first-order valence-electron chi connectivity index (χ1n) is 11.2. The fourth-order valence-corrected chi connectivity index (χ4v) is 3.70. The van der Waals surface area contributed by atoms with Crippen LogP contribution in [0.3, 0.4) is 0 Å². The molecule has 2 fully saturated rings. The molecule has 3 rings (SSSR count). The number of hydrogen-bond donors (Lipinski definition) is 2. The molecule has 0 atom stereocenters. The van der Waals surface area contributed by atoms with E-state index < -0.39 is 0 Å². The third kappa shape index (κ3) is 8.93. The van der Waals surface area contributed by atoms with Crippen LogP contribution in [0.4, 0.5) is 5.82 Å². The molecule has 170 valence electrons. The molecule has 0 aromatic carbocycles. The normalized spacial score (nSPS) is 17.6. The number of hydrogen-bond acceptors (Lipinski definition) is 5. The van der Waals surface area contributed by atoms with E-state index in [2.05, 4.69) is 44.6 Å². The summed E-state index contributed by atoms with van der Waals surface area (Å²) in [5.74, 6) is 2.60. The van der Waals surface area contributed by atoms with Gasteiger partial charge in [0.25, 0.3) is 0 Å². The van der Waals surface area contributed by atoms with Crippen molar-refractivity contribution >= 4 is 35.8 Å². The quantitative estimate of drug-likeness (QED) is 0.209. The van der Waals surface area contributed by atoms with Gasteiger partial charge in [-0.1, -0.05) is 6.07 Å². The fourth-order valence-electron chi connectivity index (χ4n) is 3.70. The van der Waals surface area contributed by atoms with Crippen LogP contribution in [0.25, 0.3) is 0 Å². The van der Waals surface area contributed by atoms with Gasteiger partial charge >= 0.3 is 0 Å². The summed E-state index contributed by atoms with van der Waals surface area (Å²) in [7, 11) is 0. The second-order valence-electron chi connectivity index (χ2n) is 7.82. The van der Waals surface area contributed by atoms with Crippen LogP contribution < -0.4 is 15.5 Å². The topological polar surface area (TPSA) is 71.0 Å². The fraction of sp³-hybridized carbons (Fsp3) is 0.727. The second-order valence-corrected chi connectivity index (χ2v) is 7.82. The van der Waals surface area contributed by atoms with Gasteiger partial charge in [-0.15, -0.1) is 24.0 Å². The summed E-state index contributed by atoms with van der Waals surface area (Å²) in [5, 5.41) is 6.70. The number of ether oxygens (including phenoxy) is 2. The molecule has 3 heterocycles. The Balaban J connectivity index is 0.00000320. The van der Waals surface area contributed by atoms with Crippen molar-refractivity contribution < 1.29 is 9.47 Å². The second kappa shape index (κ2) is 14.8. The molecule has 30 heavy (non-hydrogen) atoms. The lowest BCUT2D eigenvalue weighted by Crippen LogP contribution is -2.38. The van der Waals surface area contributed by atoms with Gasteiger partial charge in [0.1, 0.15) is 5.82 Å². The minimum Gasteiger partial charge on any atom is -0.381 e. The molecule has 2 aliphatic rings. The zero-order valence-corrected chi connectivity index (χ0v) is 20.6. The molecule has 0 spiro atoms. The predicted octanol–water partition coefficient (Wildman–Crippen LogP) is 3.19. The number of nitrogens with one attached hydrogen (secondary N) is 2. The van der Waals surface area contributed by atoms with Gasteiger partial charge in [0, 0.05) is 58.8 Å². The summed E-state index contributed by atoms with van der Waals surface area (Å²) < 4.78 is 11.2. The number of aliphatic imine (C=N–C) groups is 1. The smallest absolute Gasteiger partial charge is 0.191 e. The van der Waals surface area contributed by atoms with E-state index in [1.807, 2.05) is 6.20 Å². The van der Waals surface area contributed by atoms with Crippen LogP contribution >= 0.6 is 24.0 Å². The van der Waals surface area contributed by atoms with E-state index in [1.165, 1.54) is 12.8 Å². The van der Waals surface area contributed by atoms with Gasteiger partial charge in [-0.05, 0) is 56.6 Å². The first kappa shape index (κ1) is 25.1. The van der Waals surface area contributed by atoms with Crippen molar-refractivity contribution in [1.82, 2.24) is 15.6 Å². The molecule has 7 nitrogen and oxygen atoms in total. The number of nitrogens with zero attached hydrogens (tertiary/aromatic N) is 3. The molecular formula is C22H38IN5O2. The highest BCUT2D eigenvalue weighted by atomic mass is 127. The molecule has 1 aromatic rings. The lowest BCUT2D eigenvalue weighted by Gasteiger charge is -2.21. The molecule has 0 saturated carbocycles. The third-order valence-corrected chi connectivity index (χ3v) is 5.46. The lowest BCUT2D eigenvalue weighted by atomic mass is 10.0. The molecule has 2 aliphatic heterocycles. The average Bonchev–Trinajstić information content (AvgIpc) is 3.30. The minimum absolute atomic E-state index is 0. The van der Waals surface area contributed by atoms with Gasteiger partial charge in [-0.2, -0.15) is 0 Å². The third-order valence-electron chi connectivity index (χ3n) is 5.46. The van der Waals surface area contributed by atoms with E-state index in [1.54, 1.807) is 0 Å². The zero-order valence-electron chi connectivity index (χ0n) is 18.3. The van der Waals surface area contributed by atoms with E-state index >= 15 is 0 Å². The van der Waals surface area contributed by atoms with Crippen LogP contribution in [0, 0.1) is 5.92 Å². The Morgan fingerprint density at radius 2 is 2.03 bits per heavy atom. The van der Waals surface area contributed by atoms with Crippen LogP contribution in [0.5, 0.6) is 0 Å². The number of anilines is 1. The van der Waals surface area contributed by atoms with Gasteiger partial charge in [-0.3, -0.25) is 0 Å². The maximum Gasteiger partial charge on any atom is 0.191 e. The Morgan fingerprint density at radius 1 is 1.23 bits per heavy atom. The summed E-state index contributed by atoms with van der Waals surface area (Å²) in [4.78, 5) is 11.6. The molecule has 1 aromatic heterocycles. The highest BCUT2D eigenvalue weighted by molar-refractivity contribution is 14.0. The van der Waals surface area contributed by atoms with Gasteiger partial charge in [-0.25, -0.2) is 9.98 Å². The van der Waals surface area contributed by atoms with Crippen molar-refractivity contribution in [2.75, 3.05) is 57.5 Å². The molecule has 0 aliphatic carbocycles. The number of rotatable bonds is 10. The van der Waals surface area contributed by atoms with E-state index in [-0.39, 0.29) is 24.0 Å². The maximum atomic E-state index is 5.83. The first-order valence-corrected chi connectivity index (χ1v) is 11.2. The van der Waals surface area contributed by atoms with E-state index in [9.17, 15) is 0 Å². The molecule has 8 heteroatoms. The summed E-state index contributed by atoms with van der Waals surface area (Å²) in [5.41, 5.74) is 1.13. The molecule has 2 saturated heterocycles. The molecule has 0 amide bonds. The van der Waals surface area contributed by atoms with Gasteiger partial charge in [0.15, 0.2) is 5.96 Å². The minimum atomic E-state index is 0. The Bertz CT molecular complexity index is 602. The SMILES string of the molecule is CCNC(=NCc1ccc(N2CCCC2)nc1)NCCCOCC1CCOCC1.I. The largest absolute Gasteiger partial charge is 0.381 e. The van der Waals surface area contributed by atoms with Gasteiger partial charge in [0.2, 0.25) is 0 Å². The number of aromatic nitrogens is 1. The van der Waals surface area contributed by atoms with Gasteiger partial charge in [0.05, 0.1) is 6.54 Å². The monoisotopic (exact) mass is 531 g/mol. The van der Waals surface area contributed by atoms with Gasteiger partial charge < -0.3 is 25.0 Å². The number of guanidine groups is 1. The molecule has 0 unspecified atom stereocenters. The molecule has 2 N–H and O–H groups in total. The molecular weight excluding hydrogens is 493 g/mol. The highest BCUT2D eigenvalue weighted by Crippen LogP contribution is 2.17. The van der Waals surface area contributed by atoms with Crippen LogP contribution in [0.2, 0.25) is 0 Å². The van der Waals surface area contributed by atoms with Crippen LogP contribution in [-0.4, -0.2) is 63.6 Å². The van der Waals surface area contributed by atoms with E-state index in [4.69, 9.17) is 9.47 Å². The summed E-state index contributed by atoms with van der Waals surface area (Å²) in [6.45, 7) is 10.1. The summed E-state index contributed by atoms with van der Waals surface area (Å²) in [6.07, 6.45) is 7.72. The van der Waals surface area contributed by atoms with Crippen LogP contribution in [-0.2, 0) is 16.0 Å². The van der Waals surface area contributed by atoms with Crippen LogP contribution in [0.1, 0.15) is 44.6 Å². The van der Waals surface area contributed by atoms with Crippen molar-refractivity contribution in [2.45, 2.75) is 45.6 Å². The lowest BCUT2D eigenvalue weighted by molar-refractivity contribution is 0.0203. The Morgan fingerprint density at radius 3 is 2.73 bits per heavy atom. The van der Waals surface area contributed by atoms with Crippen molar-refractivity contribution in [1.29, 1.82) is 0 Å². The van der Waals surface area contributed by atoms with Crippen LogP contribution in [0.15, 0.2) is 23.3 Å². The van der Waals surface area contributed by atoms with E-state index in [0.29, 0.717) is 12.5 Å². The Hall–Kier alpha value is -1.13. The summed E-state index contributed by atoms with van der Waals surface area (Å²) in [6, 6.07) is 4.25. The molecule has 0 bridgehead atoms. The Kier molecular flexibility index (Phi) is 12.4. The standard InChI is InChI=1S/C22H37N5O2.HI/c1-2-23-22(24-10-5-13-29-18-19-8-14-28-15-9-19)26-17-20-6-7-21(25-16-20)27-11-3-4-12-27;/h6-7,16,19H,2-5,8-15,17-18H2,1H3,(H2,23,24,26);1H. The van der Waals surface area contributed by atoms with Crippen molar-refractivity contribution in [2.24, 2.45) is 10.9 Å². The van der Waals surface area contributed by atoms with Crippen molar-refractivity contribution in [3.8, 4) is 0 Å². The summed E-state index contributed by atoms with van der Waals surface area (Å²) >= 11 is 0. The van der Waals surface area contributed by atoms with Crippen molar-refractivity contribution in [3.63, 3.8) is 0 Å². The Labute approximate surface area is 198 Å². The zero-order chi connectivity index (χ0) is 20.2. The highest BCUT2D eigenvalue weighted by Gasteiger charge is 2.14.